The highest BCUT2D eigenvalue weighted by molar-refractivity contribution is 5.86. The lowest BCUT2D eigenvalue weighted by atomic mass is 10.1. The molecular formula is C21H34N2O5. The number of carbonyl (C=O) groups excluding carboxylic acids is 3. The zero-order valence-corrected chi connectivity index (χ0v) is 18.0. The van der Waals surface area contributed by atoms with Crippen LogP contribution in [-0.2, 0) is 25.6 Å². The second-order valence-electron chi connectivity index (χ2n) is 7.02. The first kappa shape index (κ1) is 25.4. The highest BCUT2D eigenvalue weighted by Crippen LogP contribution is 2.09. The second kappa shape index (κ2) is 12.8. The molecule has 1 unspecified atom stereocenters. The van der Waals surface area contributed by atoms with Gasteiger partial charge in [-0.2, -0.15) is 0 Å². The molecule has 0 radical (unpaired) electrons. The minimum absolute atomic E-state index is 0.00885. The normalized spacial score (nSPS) is 11.4. The molecule has 1 aromatic rings. The molecule has 0 aliphatic rings. The third-order valence-corrected chi connectivity index (χ3v) is 3.46. The van der Waals surface area contributed by atoms with Crippen molar-refractivity contribution in [1.82, 2.24) is 10.6 Å². The van der Waals surface area contributed by atoms with Crippen LogP contribution < -0.4 is 10.6 Å². The van der Waals surface area contributed by atoms with Crippen LogP contribution in [0.5, 0.6) is 0 Å². The first-order chi connectivity index (χ1) is 13.1. The van der Waals surface area contributed by atoms with E-state index >= 15 is 0 Å². The summed E-state index contributed by atoms with van der Waals surface area (Å²) >= 11 is 0. The Morgan fingerprint density at radius 2 is 1.64 bits per heavy atom. The van der Waals surface area contributed by atoms with Crippen LogP contribution in [0.3, 0.4) is 0 Å². The van der Waals surface area contributed by atoms with Gasteiger partial charge in [-0.1, -0.05) is 43.7 Å². The van der Waals surface area contributed by atoms with E-state index in [2.05, 4.69) is 15.4 Å². The lowest BCUT2D eigenvalue weighted by molar-refractivity contribution is -0.141. The van der Waals surface area contributed by atoms with Gasteiger partial charge in [0.25, 0.3) is 0 Å². The summed E-state index contributed by atoms with van der Waals surface area (Å²) in [4.78, 5) is 35.8. The Bertz CT molecular complexity index is 621. The van der Waals surface area contributed by atoms with Gasteiger partial charge in [-0.3, -0.25) is 9.59 Å². The number of rotatable bonds is 7. The average Bonchev–Trinajstić information content (AvgIpc) is 2.64. The number of esters is 1. The molecule has 0 aromatic heterocycles. The van der Waals surface area contributed by atoms with Gasteiger partial charge in [-0.05, 0) is 39.7 Å². The molecule has 2 N–H and O–H groups in total. The summed E-state index contributed by atoms with van der Waals surface area (Å²) < 4.78 is 9.77. The first-order valence-electron chi connectivity index (χ1n) is 9.50. The van der Waals surface area contributed by atoms with E-state index in [-0.39, 0.29) is 18.7 Å². The molecule has 0 aliphatic carbocycles. The van der Waals surface area contributed by atoms with Crippen molar-refractivity contribution < 1.29 is 23.9 Å². The Labute approximate surface area is 168 Å². The maximum Gasteiger partial charge on any atom is 0.408 e. The van der Waals surface area contributed by atoms with Crippen LogP contribution in [-0.4, -0.2) is 36.7 Å². The third kappa shape index (κ3) is 11.2. The second-order valence-corrected chi connectivity index (χ2v) is 7.02. The number of carbonyl (C=O) groups is 3. The van der Waals surface area contributed by atoms with Crippen LogP contribution in [0, 0.1) is 6.92 Å². The van der Waals surface area contributed by atoms with Gasteiger partial charge in [0.1, 0.15) is 11.6 Å². The van der Waals surface area contributed by atoms with Gasteiger partial charge in [0.2, 0.25) is 5.91 Å². The number of ether oxygens (including phenoxy) is 2. The Morgan fingerprint density at radius 1 is 1.07 bits per heavy atom. The molecule has 2 amide bonds. The van der Waals surface area contributed by atoms with Crippen molar-refractivity contribution in [3.05, 3.63) is 35.4 Å². The lowest BCUT2D eigenvalue weighted by Crippen LogP contribution is -2.48. The van der Waals surface area contributed by atoms with E-state index in [0.717, 1.165) is 11.1 Å². The summed E-state index contributed by atoms with van der Waals surface area (Å²) in [6.07, 6.45) is -0.585. The summed E-state index contributed by atoms with van der Waals surface area (Å²) in [6.45, 7) is 11.5. The quantitative estimate of drug-likeness (QED) is 0.691. The number of methoxy groups -OCH3 is 1. The van der Waals surface area contributed by atoms with Gasteiger partial charge < -0.3 is 20.1 Å². The zero-order chi connectivity index (χ0) is 21.7. The maximum absolute atomic E-state index is 12.5. The molecule has 158 valence electrons. The number of alkyl carbamates (subject to hydrolysis) is 1. The summed E-state index contributed by atoms with van der Waals surface area (Å²) in [5.41, 5.74) is 1.38. The number of hydrogen-bond acceptors (Lipinski definition) is 5. The number of hydrogen-bond donors (Lipinski definition) is 2. The highest BCUT2D eigenvalue weighted by Gasteiger charge is 2.25. The molecule has 0 saturated heterocycles. The zero-order valence-electron chi connectivity index (χ0n) is 18.0. The fraction of sp³-hybridized carbons (Fsp3) is 0.571. The minimum atomic E-state index is -0.894. The van der Waals surface area contributed by atoms with Crippen LogP contribution >= 0.6 is 0 Å². The lowest BCUT2D eigenvalue weighted by Gasteiger charge is -2.23. The Morgan fingerprint density at radius 3 is 2.14 bits per heavy atom. The van der Waals surface area contributed by atoms with E-state index in [9.17, 15) is 14.4 Å². The molecule has 0 fully saturated rings. The molecule has 0 heterocycles. The molecular weight excluding hydrogens is 360 g/mol. The molecule has 1 atom stereocenters. The topological polar surface area (TPSA) is 93.7 Å². The van der Waals surface area contributed by atoms with Crippen LogP contribution in [0.15, 0.2) is 24.3 Å². The van der Waals surface area contributed by atoms with Crippen molar-refractivity contribution in [3.63, 3.8) is 0 Å². The molecule has 0 aliphatic heterocycles. The smallest absolute Gasteiger partial charge is 0.408 e. The monoisotopic (exact) mass is 394 g/mol. The fourth-order valence-corrected chi connectivity index (χ4v) is 2.10. The predicted octanol–water partition coefficient (Wildman–Crippen LogP) is 3.48. The molecule has 0 spiro atoms. The summed E-state index contributed by atoms with van der Waals surface area (Å²) in [5, 5.41) is 5.28. The van der Waals surface area contributed by atoms with Gasteiger partial charge in [-0.25, -0.2) is 4.79 Å². The third-order valence-electron chi connectivity index (χ3n) is 3.46. The molecule has 0 bridgehead atoms. The standard InChI is InChI=1S/C19H28N2O5.C2H6/c1-13-6-8-14(9-7-13)12-20-17(23)15(10-11-16(22)25-5)21-18(24)26-19(2,3)4;1-2/h6-9,15H,10-12H2,1-5H3,(H,20,23)(H,21,24);1-2H3. The summed E-state index contributed by atoms with van der Waals surface area (Å²) in [5.74, 6) is -0.840. The largest absolute Gasteiger partial charge is 0.469 e. The average molecular weight is 395 g/mol. The van der Waals surface area contributed by atoms with Crippen molar-refractivity contribution >= 4 is 18.0 Å². The first-order valence-corrected chi connectivity index (χ1v) is 9.50. The van der Waals surface area contributed by atoms with Crippen LogP contribution in [0.25, 0.3) is 0 Å². The fourth-order valence-electron chi connectivity index (χ4n) is 2.10. The van der Waals surface area contributed by atoms with E-state index in [1.54, 1.807) is 20.8 Å². The number of nitrogens with one attached hydrogen (secondary N) is 2. The van der Waals surface area contributed by atoms with Crippen molar-refractivity contribution in [1.29, 1.82) is 0 Å². The Hall–Kier alpha value is -2.57. The van der Waals surface area contributed by atoms with Gasteiger partial charge in [0, 0.05) is 13.0 Å². The SMILES string of the molecule is CC.COC(=O)CCC(NC(=O)OC(C)(C)C)C(=O)NCc1ccc(C)cc1. The summed E-state index contributed by atoms with van der Waals surface area (Å²) in [6, 6.07) is 6.85. The van der Waals surface area contributed by atoms with Crippen molar-refractivity contribution in [3.8, 4) is 0 Å². The van der Waals surface area contributed by atoms with Crippen LogP contribution in [0.1, 0.15) is 58.6 Å². The minimum Gasteiger partial charge on any atom is -0.469 e. The van der Waals surface area contributed by atoms with Crippen molar-refractivity contribution in [2.24, 2.45) is 0 Å². The van der Waals surface area contributed by atoms with E-state index in [4.69, 9.17) is 4.74 Å². The molecule has 7 heteroatoms. The molecule has 1 rings (SSSR count). The summed E-state index contributed by atoms with van der Waals surface area (Å²) in [7, 11) is 1.27. The molecule has 0 saturated carbocycles. The van der Waals surface area contributed by atoms with E-state index in [0.29, 0.717) is 6.54 Å². The van der Waals surface area contributed by atoms with Crippen molar-refractivity contribution in [2.45, 2.75) is 72.6 Å². The predicted molar refractivity (Wildman–Crippen MR) is 109 cm³/mol. The van der Waals surface area contributed by atoms with Crippen LogP contribution in [0.4, 0.5) is 4.79 Å². The number of amides is 2. The highest BCUT2D eigenvalue weighted by atomic mass is 16.6. The van der Waals surface area contributed by atoms with Gasteiger partial charge >= 0.3 is 12.1 Å². The number of aryl methyl sites for hydroxylation is 1. The van der Waals surface area contributed by atoms with E-state index in [1.165, 1.54) is 7.11 Å². The van der Waals surface area contributed by atoms with E-state index in [1.807, 2.05) is 45.0 Å². The Kier molecular flexibility index (Phi) is 11.6. The van der Waals surface area contributed by atoms with Gasteiger partial charge in [0.05, 0.1) is 7.11 Å². The number of benzene rings is 1. The van der Waals surface area contributed by atoms with E-state index < -0.39 is 23.7 Å². The van der Waals surface area contributed by atoms with Crippen LogP contribution in [0.2, 0.25) is 0 Å². The molecule has 7 nitrogen and oxygen atoms in total. The molecule has 1 aromatic carbocycles. The van der Waals surface area contributed by atoms with Crippen molar-refractivity contribution in [2.75, 3.05) is 7.11 Å². The van der Waals surface area contributed by atoms with Gasteiger partial charge in [0.15, 0.2) is 0 Å². The Balaban J connectivity index is 0.00000352. The molecule has 28 heavy (non-hydrogen) atoms. The maximum atomic E-state index is 12.5. The van der Waals surface area contributed by atoms with Gasteiger partial charge in [-0.15, -0.1) is 0 Å².